The van der Waals surface area contributed by atoms with Crippen molar-refractivity contribution in [3.8, 4) is 5.75 Å². The van der Waals surface area contributed by atoms with Crippen LogP contribution in [0, 0.1) is 5.92 Å². The minimum absolute atomic E-state index is 0.509. The van der Waals surface area contributed by atoms with E-state index in [9.17, 15) is 0 Å². The van der Waals surface area contributed by atoms with Crippen LogP contribution in [0.4, 0.5) is 0 Å². The standard InChI is InChI=1S/C20H32N4O/c1-4-13-25-19-10-8-7-9-18(19)15-23-20(21-5-2)22-14-17-11-12-24(6-3)16-17/h4,7-10,17H,1,5-6,11-16H2,2-3H3,(H2,21,22,23). The molecule has 0 bridgehead atoms. The predicted molar refractivity (Wildman–Crippen MR) is 105 cm³/mol. The highest BCUT2D eigenvalue weighted by Crippen LogP contribution is 2.19. The topological polar surface area (TPSA) is 48.9 Å². The molecule has 1 fully saturated rings. The van der Waals surface area contributed by atoms with Gasteiger partial charge in [-0.1, -0.05) is 37.8 Å². The van der Waals surface area contributed by atoms with Gasteiger partial charge in [0.2, 0.25) is 0 Å². The zero-order chi connectivity index (χ0) is 17.9. The number of para-hydroxylation sites is 1. The summed E-state index contributed by atoms with van der Waals surface area (Å²) >= 11 is 0. The van der Waals surface area contributed by atoms with Crippen molar-refractivity contribution in [1.82, 2.24) is 15.5 Å². The van der Waals surface area contributed by atoms with E-state index in [1.54, 1.807) is 6.08 Å². The number of hydrogen-bond acceptors (Lipinski definition) is 3. The maximum Gasteiger partial charge on any atom is 0.191 e. The van der Waals surface area contributed by atoms with Gasteiger partial charge in [-0.25, -0.2) is 4.99 Å². The first-order chi connectivity index (χ1) is 12.3. The molecular formula is C20H32N4O. The van der Waals surface area contributed by atoms with Crippen LogP contribution in [0.2, 0.25) is 0 Å². The number of guanidine groups is 1. The summed E-state index contributed by atoms with van der Waals surface area (Å²) in [7, 11) is 0. The molecule has 0 aromatic heterocycles. The number of ether oxygens (including phenoxy) is 1. The highest BCUT2D eigenvalue weighted by atomic mass is 16.5. The van der Waals surface area contributed by atoms with Gasteiger partial charge in [-0.15, -0.1) is 0 Å². The van der Waals surface area contributed by atoms with Crippen molar-refractivity contribution in [2.45, 2.75) is 26.8 Å². The van der Waals surface area contributed by atoms with Gasteiger partial charge in [-0.3, -0.25) is 0 Å². The van der Waals surface area contributed by atoms with E-state index in [1.807, 2.05) is 18.2 Å². The van der Waals surface area contributed by atoms with E-state index < -0.39 is 0 Å². The lowest BCUT2D eigenvalue weighted by Gasteiger charge is -2.16. The van der Waals surface area contributed by atoms with E-state index in [4.69, 9.17) is 9.73 Å². The average Bonchev–Trinajstić information content (AvgIpc) is 3.11. The Morgan fingerprint density at radius 2 is 2.20 bits per heavy atom. The van der Waals surface area contributed by atoms with Gasteiger partial charge in [0.1, 0.15) is 12.4 Å². The zero-order valence-corrected chi connectivity index (χ0v) is 15.6. The van der Waals surface area contributed by atoms with E-state index in [0.717, 1.165) is 36.9 Å². The molecule has 0 radical (unpaired) electrons. The molecule has 1 atom stereocenters. The van der Waals surface area contributed by atoms with E-state index in [0.29, 0.717) is 19.1 Å². The third-order valence-electron chi connectivity index (χ3n) is 4.46. The predicted octanol–water partition coefficient (Wildman–Crippen LogP) is 2.65. The van der Waals surface area contributed by atoms with Gasteiger partial charge >= 0.3 is 0 Å². The first-order valence-electron chi connectivity index (χ1n) is 9.32. The SMILES string of the molecule is C=CCOc1ccccc1CN=C(NCC)NCC1CCN(CC)C1. The molecule has 0 spiro atoms. The van der Waals surface area contributed by atoms with Crippen LogP contribution < -0.4 is 15.4 Å². The van der Waals surface area contributed by atoms with Crippen molar-refractivity contribution in [3.05, 3.63) is 42.5 Å². The number of nitrogens with one attached hydrogen (secondary N) is 2. The molecule has 0 amide bonds. The van der Waals surface area contributed by atoms with E-state index >= 15 is 0 Å². The van der Waals surface area contributed by atoms with Crippen molar-refractivity contribution in [2.75, 3.05) is 39.3 Å². The van der Waals surface area contributed by atoms with Gasteiger partial charge in [0.15, 0.2) is 5.96 Å². The second-order valence-corrected chi connectivity index (χ2v) is 6.33. The van der Waals surface area contributed by atoms with E-state index in [2.05, 4.69) is 42.0 Å². The Morgan fingerprint density at radius 3 is 2.92 bits per heavy atom. The maximum atomic E-state index is 5.71. The third-order valence-corrected chi connectivity index (χ3v) is 4.46. The summed E-state index contributed by atoms with van der Waals surface area (Å²) in [5.74, 6) is 2.44. The van der Waals surface area contributed by atoms with Gasteiger partial charge in [-0.2, -0.15) is 0 Å². The summed E-state index contributed by atoms with van der Waals surface area (Å²) in [6.07, 6.45) is 3.02. The largest absolute Gasteiger partial charge is 0.489 e. The van der Waals surface area contributed by atoms with Crippen LogP contribution in [-0.2, 0) is 6.54 Å². The number of rotatable bonds is 9. The number of likely N-dealkylation sites (tertiary alicyclic amines) is 1. The fourth-order valence-corrected chi connectivity index (χ4v) is 3.04. The molecule has 2 rings (SSSR count). The molecule has 5 heteroatoms. The van der Waals surface area contributed by atoms with Crippen LogP contribution in [-0.4, -0.2) is 50.2 Å². The maximum absolute atomic E-state index is 5.71. The summed E-state index contributed by atoms with van der Waals surface area (Å²) in [5, 5.41) is 6.83. The van der Waals surface area contributed by atoms with Gasteiger partial charge < -0.3 is 20.3 Å². The molecule has 1 unspecified atom stereocenters. The minimum atomic E-state index is 0.509. The quantitative estimate of drug-likeness (QED) is 0.411. The Balaban J connectivity index is 1.92. The van der Waals surface area contributed by atoms with E-state index in [-0.39, 0.29) is 0 Å². The lowest BCUT2D eigenvalue weighted by molar-refractivity contribution is 0.342. The number of benzene rings is 1. The number of nitrogens with zero attached hydrogens (tertiary/aromatic N) is 2. The Morgan fingerprint density at radius 1 is 1.36 bits per heavy atom. The zero-order valence-electron chi connectivity index (χ0n) is 15.6. The van der Waals surface area contributed by atoms with Crippen LogP contribution in [0.15, 0.2) is 41.9 Å². The van der Waals surface area contributed by atoms with Crippen LogP contribution in [0.3, 0.4) is 0 Å². The van der Waals surface area contributed by atoms with E-state index in [1.165, 1.54) is 19.5 Å². The van der Waals surface area contributed by atoms with Crippen molar-refractivity contribution in [3.63, 3.8) is 0 Å². The van der Waals surface area contributed by atoms with Crippen LogP contribution in [0.25, 0.3) is 0 Å². The van der Waals surface area contributed by atoms with Gasteiger partial charge in [0, 0.05) is 25.2 Å². The molecular weight excluding hydrogens is 312 g/mol. The van der Waals surface area contributed by atoms with Crippen molar-refractivity contribution < 1.29 is 4.74 Å². The molecule has 1 aliphatic heterocycles. The highest BCUT2D eigenvalue weighted by molar-refractivity contribution is 5.79. The minimum Gasteiger partial charge on any atom is -0.489 e. The lowest BCUT2D eigenvalue weighted by atomic mass is 10.1. The summed E-state index contributed by atoms with van der Waals surface area (Å²) in [4.78, 5) is 7.23. The van der Waals surface area contributed by atoms with Crippen molar-refractivity contribution in [1.29, 1.82) is 0 Å². The molecule has 1 heterocycles. The van der Waals surface area contributed by atoms with Crippen LogP contribution >= 0.6 is 0 Å². The normalized spacial score (nSPS) is 18.2. The second-order valence-electron chi connectivity index (χ2n) is 6.33. The molecule has 25 heavy (non-hydrogen) atoms. The lowest BCUT2D eigenvalue weighted by Crippen LogP contribution is -2.40. The van der Waals surface area contributed by atoms with Gasteiger partial charge in [-0.05, 0) is 38.4 Å². The third kappa shape index (κ3) is 6.42. The summed E-state index contributed by atoms with van der Waals surface area (Å²) in [6, 6.07) is 8.03. The average molecular weight is 345 g/mol. The molecule has 1 aromatic carbocycles. The van der Waals surface area contributed by atoms with Gasteiger partial charge in [0.25, 0.3) is 0 Å². The molecule has 5 nitrogen and oxygen atoms in total. The summed E-state index contributed by atoms with van der Waals surface area (Å²) in [6.45, 7) is 14.5. The van der Waals surface area contributed by atoms with Crippen molar-refractivity contribution in [2.24, 2.45) is 10.9 Å². The van der Waals surface area contributed by atoms with Crippen molar-refractivity contribution >= 4 is 5.96 Å². The first kappa shape index (κ1) is 19.3. The molecule has 138 valence electrons. The monoisotopic (exact) mass is 344 g/mol. The first-order valence-corrected chi connectivity index (χ1v) is 9.32. The van der Waals surface area contributed by atoms with Crippen LogP contribution in [0.1, 0.15) is 25.8 Å². The Bertz CT molecular complexity index is 558. The molecule has 0 saturated carbocycles. The van der Waals surface area contributed by atoms with Gasteiger partial charge in [0.05, 0.1) is 6.54 Å². The molecule has 1 saturated heterocycles. The molecule has 0 aliphatic carbocycles. The summed E-state index contributed by atoms with van der Waals surface area (Å²) in [5.41, 5.74) is 1.08. The smallest absolute Gasteiger partial charge is 0.191 e. The number of aliphatic imine (C=N–C) groups is 1. The molecule has 1 aliphatic rings. The number of hydrogen-bond donors (Lipinski definition) is 2. The van der Waals surface area contributed by atoms with Crippen LogP contribution in [0.5, 0.6) is 5.75 Å². The Kier molecular flexibility index (Phi) is 8.32. The second kappa shape index (κ2) is 10.8. The molecule has 1 aromatic rings. The fourth-order valence-electron chi connectivity index (χ4n) is 3.04. The highest BCUT2D eigenvalue weighted by Gasteiger charge is 2.20. The fraction of sp³-hybridized carbons (Fsp3) is 0.550. The summed E-state index contributed by atoms with van der Waals surface area (Å²) < 4.78 is 5.71. The Labute approximate surface area is 152 Å². The Hall–Kier alpha value is -2.01. The molecule has 2 N–H and O–H groups in total.